The van der Waals surface area contributed by atoms with Crippen molar-refractivity contribution in [1.82, 2.24) is 0 Å². The second kappa shape index (κ2) is 34.5. The Morgan fingerprint density at radius 3 is 0.829 bits per heavy atom. The number of benzene rings is 4. The predicted molar refractivity (Wildman–Crippen MR) is 274 cm³/mol. The minimum absolute atomic E-state index is 0.115. The van der Waals surface area contributed by atoms with E-state index in [1.54, 1.807) is 6.07 Å². The number of aromatic hydroxyl groups is 4. The van der Waals surface area contributed by atoms with Crippen LogP contribution in [0.15, 0.2) is 48.5 Å². The first-order chi connectivity index (χ1) is 36.0. The standard InChI is InChI=1S/C18H26O6.C16H20Cl2O4.C10H10O6.C8H6O6/c1-5-7-9-23-15-12-16(24-10-8-6-2)14(18(20)22-4)11-13(15)17(19)21-3;1-3-5-7-21-13-10-14(22-8-6-4-2)12(16(18)20)9-11(13)15(17)19;1-15-9(13)5-3-6(10(14)16-2)8(12)4-7(5)11;9-5-2-6(10)4(8(13)14)1-3(5)7(11)12/h11-12H,5-10H2,1-4H3;9-10H,3-8H2,1-2H3;3-4,11-12H,1-2H3;1-2,9-10H,(H,11,12)(H,13,14). The van der Waals surface area contributed by atoms with Gasteiger partial charge in [0, 0.05) is 24.3 Å². The SMILES string of the molecule is CCCCOc1cc(OCCCC)c(C(=O)Cl)cc1C(=O)Cl.CCCCOc1cc(OCCCC)c(C(=O)OC)cc1C(=O)OC.COC(=O)c1cc(C(=O)OC)c(O)cc1O.O=C(O)c1cc(C(=O)O)c(O)cc1O. The summed E-state index contributed by atoms with van der Waals surface area (Å²) in [6, 6.07) is 9.04. The van der Waals surface area contributed by atoms with E-state index >= 15 is 0 Å². The van der Waals surface area contributed by atoms with Gasteiger partial charge in [0.25, 0.3) is 10.5 Å². The van der Waals surface area contributed by atoms with Gasteiger partial charge in [-0.1, -0.05) is 53.4 Å². The van der Waals surface area contributed by atoms with Crippen LogP contribution in [0, 0.1) is 0 Å². The molecule has 0 spiro atoms. The molecule has 4 aromatic carbocycles. The summed E-state index contributed by atoms with van der Waals surface area (Å²) in [5.74, 6) is -6.74. The molecule has 24 heteroatoms. The van der Waals surface area contributed by atoms with Crippen LogP contribution < -0.4 is 18.9 Å². The van der Waals surface area contributed by atoms with Crippen molar-refractivity contribution < 1.29 is 107 Å². The minimum Gasteiger partial charge on any atom is -0.507 e. The number of esters is 4. The third-order valence-corrected chi connectivity index (χ3v) is 10.3. The third kappa shape index (κ3) is 20.7. The van der Waals surface area contributed by atoms with Crippen molar-refractivity contribution in [3.63, 3.8) is 0 Å². The largest absolute Gasteiger partial charge is 0.507 e. The van der Waals surface area contributed by atoms with Crippen LogP contribution in [-0.4, -0.2) is 132 Å². The molecule has 0 aliphatic rings. The van der Waals surface area contributed by atoms with Gasteiger partial charge in [-0.25, -0.2) is 28.8 Å². The molecular formula is C52H62Cl2O22. The van der Waals surface area contributed by atoms with Crippen LogP contribution in [-0.2, 0) is 18.9 Å². The number of phenols is 4. The van der Waals surface area contributed by atoms with Crippen molar-refractivity contribution in [2.45, 2.75) is 79.1 Å². The molecule has 0 saturated heterocycles. The number of aromatic carboxylic acids is 2. The number of hydrogen-bond acceptors (Lipinski definition) is 20. The van der Waals surface area contributed by atoms with Crippen LogP contribution in [0.5, 0.6) is 46.0 Å². The highest BCUT2D eigenvalue weighted by Crippen LogP contribution is 2.34. The number of carbonyl (C=O) groups excluding carboxylic acids is 6. The number of methoxy groups -OCH3 is 4. The first-order valence-corrected chi connectivity index (χ1v) is 24.0. The van der Waals surface area contributed by atoms with Gasteiger partial charge in [0.15, 0.2) is 0 Å². The summed E-state index contributed by atoms with van der Waals surface area (Å²) < 4.78 is 40.9. The summed E-state index contributed by atoms with van der Waals surface area (Å²) in [5, 5.41) is 52.4. The van der Waals surface area contributed by atoms with Gasteiger partial charge in [-0.15, -0.1) is 0 Å². The van der Waals surface area contributed by atoms with E-state index in [0.717, 1.165) is 77.7 Å². The average molecular weight is 1110 g/mol. The second-order valence-electron chi connectivity index (χ2n) is 15.4. The second-order valence-corrected chi connectivity index (χ2v) is 16.1. The number of hydrogen-bond donors (Lipinski definition) is 6. The van der Waals surface area contributed by atoms with Crippen LogP contribution in [0.25, 0.3) is 0 Å². The van der Waals surface area contributed by atoms with Crippen molar-refractivity contribution >= 4 is 69.5 Å². The van der Waals surface area contributed by atoms with Crippen molar-refractivity contribution in [2.75, 3.05) is 54.9 Å². The minimum atomic E-state index is -1.47. The highest BCUT2D eigenvalue weighted by molar-refractivity contribution is 6.69. The number of carboxylic acids is 2. The molecule has 6 N–H and O–H groups in total. The molecule has 0 saturated carbocycles. The lowest BCUT2D eigenvalue weighted by atomic mass is 10.1. The summed E-state index contributed by atoms with van der Waals surface area (Å²) >= 11 is 11.1. The molecule has 0 bridgehead atoms. The molecule has 22 nitrogen and oxygen atoms in total. The zero-order valence-electron chi connectivity index (χ0n) is 43.1. The maximum absolute atomic E-state index is 12.0. The molecule has 416 valence electrons. The molecule has 4 rings (SSSR count). The molecule has 0 amide bonds. The Morgan fingerprint density at radius 2 is 0.579 bits per heavy atom. The van der Waals surface area contributed by atoms with Gasteiger partial charge in [0.05, 0.1) is 66.0 Å². The summed E-state index contributed by atoms with van der Waals surface area (Å²) in [4.78, 5) is 90.4. The van der Waals surface area contributed by atoms with E-state index in [2.05, 4.69) is 9.47 Å². The Hall–Kier alpha value is -7.98. The maximum Gasteiger partial charge on any atom is 0.341 e. The first-order valence-electron chi connectivity index (χ1n) is 23.2. The fraction of sp³-hybridized carbons (Fsp3) is 0.385. The number of carboxylic acid groups (broad SMARTS) is 2. The fourth-order valence-corrected chi connectivity index (χ4v) is 6.09. The normalized spacial score (nSPS) is 10.0. The van der Waals surface area contributed by atoms with E-state index in [0.29, 0.717) is 61.6 Å². The summed E-state index contributed by atoms with van der Waals surface area (Å²) in [7, 11) is 4.82. The lowest BCUT2D eigenvalue weighted by Crippen LogP contribution is -2.12. The molecule has 0 heterocycles. The summed E-state index contributed by atoms with van der Waals surface area (Å²) in [6.07, 6.45) is 7.25. The quantitative estimate of drug-likeness (QED) is 0.0164. The lowest BCUT2D eigenvalue weighted by molar-refractivity contribution is 0.0575. The van der Waals surface area contributed by atoms with Crippen LogP contribution in [0.1, 0.15) is 162 Å². The van der Waals surface area contributed by atoms with E-state index in [1.807, 2.05) is 27.7 Å². The zero-order valence-corrected chi connectivity index (χ0v) is 44.6. The molecule has 0 aliphatic carbocycles. The molecule has 0 unspecified atom stereocenters. The van der Waals surface area contributed by atoms with Gasteiger partial charge in [-0.05, 0) is 73.2 Å². The Morgan fingerprint density at radius 1 is 0.355 bits per heavy atom. The highest BCUT2D eigenvalue weighted by Gasteiger charge is 2.24. The topological polar surface area (TPSA) is 332 Å². The molecule has 0 aliphatic heterocycles. The monoisotopic (exact) mass is 1110 g/mol. The van der Waals surface area contributed by atoms with Crippen LogP contribution in [0.3, 0.4) is 0 Å². The van der Waals surface area contributed by atoms with Crippen molar-refractivity contribution in [3.8, 4) is 46.0 Å². The number of rotatable bonds is 24. The number of unbranched alkanes of at least 4 members (excludes halogenated alkanes) is 4. The number of phenolic OH excluding ortho intramolecular Hbond substituents is 2. The van der Waals surface area contributed by atoms with E-state index < -0.39 is 80.4 Å². The van der Waals surface area contributed by atoms with Gasteiger partial charge in [-0.2, -0.15) is 0 Å². The predicted octanol–water partition coefficient (Wildman–Crippen LogP) is 9.59. The van der Waals surface area contributed by atoms with Gasteiger partial charge in [-0.3, -0.25) is 9.59 Å². The van der Waals surface area contributed by atoms with E-state index in [-0.39, 0.29) is 33.4 Å². The molecule has 0 aromatic heterocycles. The van der Waals surface area contributed by atoms with Crippen molar-refractivity contribution in [1.29, 1.82) is 0 Å². The van der Waals surface area contributed by atoms with E-state index in [1.165, 1.54) is 32.4 Å². The molecular weight excluding hydrogens is 1050 g/mol. The Balaban J connectivity index is 0.000000517. The molecule has 0 atom stereocenters. The number of halogens is 2. The van der Waals surface area contributed by atoms with Gasteiger partial charge < -0.3 is 68.5 Å². The van der Waals surface area contributed by atoms with E-state index in [4.69, 9.17) is 72.0 Å². The first kappa shape index (κ1) is 66.0. The summed E-state index contributed by atoms with van der Waals surface area (Å²) in [6.45, 7) is 10.00. The zero-order chi connectivity index (χ0) is 57.7. The van der Waals surface area contributed by atoms with E-state index in [9.17, 15) is 48.6 Å². The maximum atomic E-state index is 12.0. The lowest BCUT2D eigenvalue weighted by Gasteiger charge is -2.15. The van der Waals surface area contributed by atoms with Crippen LogP contribution in [0.4, 0.5) is 0 Å². The smallest absolute Gasteiger partial charge is 0.341 e. The molecule has 4 aromatic rings. The van der Waals surface area contributed by atoms with Gasteiger partial charge >= 0.3 is 35.8 Å². The average Bonchev–Trinajstić information content (AvgIpc) is 3.38. The molecule has 0 radical (unpaired) electrons. The van der Waals surface area contributed by atoms with Gasteiger partial charge in [0.1, 0.15) is 79.4 Å². The van der Waals surface area contributed by atoms with Crippen LogP contribution >= 0.6 is 23.2 Å². The summed E-state index contributed by atoms with van der Waals surface area (Å²) in [5.41, 5.74) is -0.996. The van der Waals surface area contributed by atoms with Gasteiger partial charge in [0.2, 0.25) is 0 Å². The fourth-order valence-electron chi connectivity index (χ4n) is 5.80. The van der Waals surface area contributed by atoms with Crippen LogP contribution in [0.2, 0.25) is 0 Å². The Labute approximate surface area is 447 Å². The number of ether oxygens (including phenoxy) is 8. The highest BCUT2D eigenvalue weighted by atomic mass is 35.5. The molecule has 0 fully saturated rings. The Bertz CT molecular complexity index is 2490. The molecule has 76 heavy (non-hydrogen) atoms. The third-order valence-electron chi connectivity index (χ3n) is 9.92. The van der Waals surface area contributed by atoms with Crippen molar-refractivity contribution in [3.05, 3.63) is 93.0 Å². The Kier molecular flexibility index (Phi) is 30.0. The van der Waals surface area contributed by atoms with Crippen molar-refractivity contribution in [2.24, 2.45) is 0 Å². The number of carbonyl (C=O) groups is 8.